The Labute approximate surface area is 191 Å². The number of aromatic nitrogens is 1. The molecule has 1 aromatic heterocycles. The third-order valence-electron chi connectivity index (χ3n) is 5.03. The monoisotopic (exact) mass is 444 g/mol. The molecule has 0 saturated heterocycles. The van der Waals surface area contributed by atoms with Gasteiger partial charge in [-0.05, 0) is 55.0 Å². The molecule has 0 aliphatic rings. The Morgan fingerprint density at radius 3 is 2.33 bits per heavy atom. The molecule has 4 rings (SSSR count). The van der Waals surface area contributed by atoms with E-state index in [1.54, 1.807) is 56.8 Å². The summed E-state index contributed by atoms with van der Waals surface area (Å²) in [6, 6.07) is 20.1. The zero-order valence-corrected chi connectivity index (χ0v) is 18.6. The second-order valence-electron chi connectivity index (χ2n) is 7.26. The van der Waals surface area contributed by atoms with Crippen LogP contribution in [0, 0.1) is 6.92 Å². The molecule has 0 aliphatic heterocycles. The van der Waals surface area contributed by atoms with Gasteiger partial charge in [0.2, 0.25) is 0 Å². The highest BCUT2D eigenvalue weighted by Crippen LogP contribution is 2.37. The maximum atomic E-state index is 12.2. The minimum Gasteiger partial charge on any atom is -0.493 e. The molecule has 7 heteroatoms. The van der Waals surface area contributed by atoms with Crippen molar-refractivity contribution in [2.45, 2.75) is 6.92 Å². The van der Waals surface area contributed by atoms with E-state index in [1.165, 1.54) is 0 Å². The smallest absolute Gasteiger partial charge is 0.262 e. The predicted molar refractivity (Wildman–Crippen MR) is 127 cm³/mol. The Hall–Kier alpha value is -4.26. The molecule has 1 N–H and O–H groups in total. The van der Waals surface area contributed by atoms with Crippen LogP contribution in [0.4, 0.5) is 5.69 Å². The summed E-state index contributed by atoms with van der Waals surface area (Å²) in [7, 11) is 3.17. The maximum absolute atomic E-state index is 12.2. The fraction of sp³-hybridized carbons (Fsp3) is 0.154. The fourth-order valence-corrected chi connectivity index (χ4v) is 3.33. The topological polar surface area (TPSA) is 78.9 Å². The summed E-state index contributed by atoms with van der Waals surface area (Å²) in [5.74, 6) is 2.88. The van der Waals surface area contributed by atoms with E-state index in [1.807, 2.05) is 37.3 Å². The van der Waals surface area contributed by atoms with E-state index >= 15 is 0 Å². The van der Waals surface area contributed by atoms with Gasteiger partial charge in [0.25, 0.3) is 5.91 Å². The third-order valence-corrected chi connectivity index (χ3v) is 5.03. The number of amides is 1. The Kier molecular flexibility index (Phi) is 6.59. The molecule has 0 radical (unpaired) electrons. The number of carbonyl (C=O) groups excluding carboxylic acids is 1. The number of nitrogens with one attached hydrogen (secondary N) is 1. The van der Waals surface area contributed by atoms with Crippen molar-refractivity contribution >= 4 is 22.5 Å². The van der Waals surface area contributed by atoms with E-state index in [9.17, 15) is 4.79 Å². The number of hydrogen-bond acceptors (Lipinski definition) is 6. The minimum absolute atomic E-state index is 0.0720. The van der Waals surface area contributed by atoms with Crippen LogP contribution in [0.1, 0.15) is 5.56 Å². The molecule has 1 heterocycles. The van der Waals surface area contributed by atoms with E-state index in [0.29, 0.717) is 34.4 Å². The number of methoxy groups -OCH3 is 2. The van der Waals surface area contributed by atoms with Gasteiger partial charge in [0, 0.05) is 23.3 Å². The molecule has 0 atom stereocenters. The summed E-state index contributed by atoms with van der Waals surface area (Å²) in [6.07, 6.45) is 1.67. The highest BCUT2D eigenvalue weighted by Gasteiger charge is 2.12. The molecule has 0 unspecified atom stereocenters. The van der Waals surface area contributed by atoms with Crippen molar-refractivity contribution in [3.63, 3.8) is 0 Å². The summed E-state index contributed by atoms with van der Waals surface area (Å²) >= 11 is 0. The largest absolute Gasteiger partial charge is 0.493 e. The summed E-state index contributed by atoms with van der Waals surface area (Å²) in [5, 5.41) is 3.61. The van der Waals surface area contributed by atoms with E-state index in [4.69, 9.17) is 18.9 Å². The van der Waals surface area contributed by atoms with Gasteiger partial charge in [-0.2, -0.15) is 0 Å². The molecule has 0 fully saturated rings. The molecule has 0 bridgehead atoms. The summed E-state index contributed by atoms with van der Waals surface area (Å²) < 4.78 is 22.4. The number of hydrogen-bond donors (Lipinski definition) is 1. The zero-order valence-electron chi connectivity index (χ0n) is 18.6. The van der Waals surface area contributed by atoms with Crippen molar-refractivity contribution in [2.75, 3.05) is 26.1 Å². The molecule has 0 spiro atoms. The van der Waals surface area contributed by atoms with Crippen molar-refractivity contribution < 1.29 is 23.7 Å². The van der Waals surface area contributed by atoms with Gasteiger partial charge in [-0.3, -0.25) is 9.78 Å². The van der Waals surface area contributed by atoms with Gasteiger partial charge in [-0.25, -0.2) is 0 Å². The van der Waals surface area contributed by atoms with Crippen LogP contribution >= 0.6 is 0 Å². The first-order valence-electron chi connectivity index (χ1n) is 10.3. The number of benzene rings is 3. The molecule has 33 heavy (non-hydrogen) atoms. The number of nitrogens with zero attached hydrogens (tertiary/aromatic N) is 1. The highest BCUT2D eigenvalue weighted by atomic mass is 16.5. The maximum Gasteiger partial charge on any atom is 0.262 e. The summed E-state index contributed by atoms with van der Waals surface area (Å²) in [6.45, 7) is 1.86. The Bertz CT molecular complexity index is 1270. The van der Waals surface area contributed by atoms with Crippen LogP contribution < -0.4 is 24.3 Å². The number of rotatable bonds is 8. The first kappa shape index (κ1) is 22.0. The van der Waals surface area contributed by atoms with E-state index in [2.05, 4.69) is 10.3 Å². The normalized spacial score (nSPS) is 10.5. The van der Waals surface area contributed by atoms with Crippen LogP contribution in [0.3, 0.4) is 0 Å². The Balaban J connectivity index is 1.43. The third kappa shape index (κ3) is 5.15. The molecule has 0 saturated carbocycles. The second kappa shape index (κ2) is 9.91. The molecule has 1 amide bonds. The molecule has 4 aromatic rings. The van der Waals surface area contributed by atoms with Gasteiger partial charge < -0.3 is 24.3 Å². The van der Waals surface area contributed by atoms with E-state index < -0.39 is 0 Å². The molecular weight excluding hydrogens is 420 g/mol. The quantitative estimate of drug-likeness (QED) is 0.394. The lowest BCUT2D eigenvalue weighted by molar-refractivity contribution is -0.118. The summed E-state index contributed by atoms with van der Waals surface area (Å²) in [5.41, 5.74) is 2.35. The fourth-order valence-electron chi connectivity index (χ4n) is 3.33. The van der Waals surface area contributed by atoms with Gasteiger partial charge in [-0.15, -0.1) is 0 Å². The van der Waals surface area contributed by atoms with Crippen molar-refractivity contribution in [3.05, 3.63) is 78.5 Å². The van der Waals surface area contributed by atoms with Crippen molar-refractivity contribution in [1.82, 2.24) is 4.98 Å². The zero-order chi connectivity index (χ0) is 23.2. The lowest BCUT2D eigenvalue weighted by Crippen LogP contribution is -2.20. The van der Waals surface area contributed by atoms with Gasteiger partial charge in [0.05, 0.1) is 19.7 Å². The number of ether oxygens (including phenoxy) is 4. The minimum atomic E-state index is -0.243. The van der Waals surface area contributed by atoms with Gasteiger partial charge >= 0.3 is 0 Å². The molecule has 3 aromatic carbocycles. The summed E-state index contributed by atoms with van der Waals surface area (Å²) in [4.78, 5) is 16.6. The predicted octanol–water partition coefficient (Wildman–Crippen LogP) is 5.37. The van der Waals surface area contributed by atoms with Crippen LogP contribution in [0.25, 0.3) is 10.9 Å². The SMILES string of the molecule is COc1cc2nccc(Oc3ccc(NC(=O)COc4ccccc4C)cc3)c2cc1OC. The number of aryl methyl sites for hydroxylation is 1. The van der Waals surface area contributed by atoms with Crippen LogP contribution in [-0.4, -0.2) is 31.7 Å². The standard InChI is InChI=1S/C26H24N2O5/c1-17-6-4-5-7-22(17)32-16-26(29)28-18-8-10-19(11-9-18)33-23-12-13-27-21-15-25(31-3)24(30-2)14-20(21)23/h4-15H,16H2,1-3H3,(H,28,29). The van der Waals surface area contributed by atoms with Gasteiger partial charge in [0.1, 0.15) is 17.2 Å². The average molecular weight is 444 g/mol. The average Bonchev–Trinajstić information content (AvgIpc) is 2.84. The number of para-hydroxylation sites is 1. The Morgan fingerprint density at radius 2 is 1.61 bits per heavy atom. The van der Waals surface area contributed by atoms with Crippen LogP contribution in [0.15, 0.2) is 72.9 Å². The molecule has 168 valence electrons. The van der Waals surface area contributed by atoms with Gasteiger partial charge in [0.15, 0.2) is 18.1 Å². The number of pyridine rings is 1. The van der Waals surface area contributed by atoms with E-state index in [-0.39, 0.29) is 12.5 Å². The van der Waals surface area contributed by atoms with Crippen LogP contribution in [-0.2, 0) is 4.79 Å². The first-order chi connectivity index (χ1) is 16.1. The van der Waals surface area contributed by atoms with Crippen molar-refractivity contribution in [3.8, 4) is 28.7 Å². The number of anilines is 1. The van der Waals surface area contributed by atoms with Crippen LogP contribution in [0.5, 0.6) is 28.7 Å². The molecule has 7 nitrogen and oxygen atoms in total. The van der Waals surface area contributed by atoms with E-state index in [0.717, 1.165) is 16.5 Å². The molecule has 0 aliphatic carbocycles. The highest BCUT2D eigenvalue weighted by molar-refractivity contribution is 5.92. The van der Waals surface area contributed by atoms with Crippen molar-refractivity contribution in [2.24, 2.45) is 0 Å². The van der Waals surface area contributed by atoms with Gasteiger partial charge in [-0.1, -0.05) is 18.2 Å². The molecular formula is C26H24N2O5. The van der Waals surface area contributed by atoms with Crippen molar-refractivity contribution in [1.29, 1.82) is 0 Å². The second-order valence-corrected chi connectivity index (χ2v) is 7.26. The first-order valence-corrected chi connectivity index (χ1v) is 10.3. The van der Waals surface area contributed by atoms with Crippen LogP contribution in [0.2, 0.25) is 0 Å². The number of fused-ring (bicyclic) bond motifs is 1. The Morgan fingerprint density at radius 1 is 0.879 bits per heavy atom. The lowest BCUT2D eigenvalue weighted by atomic mass is 10.2. The number of carbonyl (C=O) groups is 1. The lowest BCUT2D eigenvalue weighted by Gasteiger charge is -2.13.